The molecule has 0 bridgehead atoms. The van der Waals surface area contributed by atoms with Gasteiger partial charge in [0.05, 0.1) is 6.04 Å². The molecule has 0 aromatic carbocycles. The minimum absolute atomic E-state index is 0.0585. The minimum atomic E-state index is -1.26. The van der Waals surface area contributed by atoms with Crippen LogP contribution in [0.2, 0.25) is 0 Å². The number of carbonyl (C=O) groups is 4. The lowest BCUT2D eigenvalue weighted by atomic mass is 10.1. The molecule has 0 aliphatic heterocycles. The molecule has 4 atom stereocenters. The second-order valence-electron chi connectivity index (χ2n) is 7.39. The van der Waals surface area contributed by atoms with Crippen LogP contribution < -0.4 is 44.6 Å². The highest BCUT2D eigenvalue weighted by Gasteiger charge is 2.29. The quantitative estimate of drug-likeness (QED) is 0.0419. The van der Waals surface area contributed by atoms with Gasteiger partial charge in [0.25, 0.3) is 0 Å². The van der Waals surface area contributed by atoms with Crippen LogP contribution in [0.15, 0.2) is 9.98 Å². The van der Waals surface area contributed by atoms with Crippen molar-refractivity contribution < 1.29 is 24.3 Å². The standard InChI is InChI=1S/C18H36N10O5S/c1-9(19)13(29)26-10(4-2-6-24-17(20)21)14(30)28-12(8-34)15(31)27-11(16(32)33)5-3-7-25-18(22)23/h9-12,34H,2-8,19H2,1H3,(H,26,29)(H,27,31)(H,28,30)(H,32,33)(H4,20,21,24)(H4,22,23,25). The fourth-order valence-corrected chi connectivity index (χ4v) is 2.83. The summed E-state index contributed by atoms with van der Waals surface area (Å²) in [6.07, 6.45) is 0.867. The Hall–Kier alpha value is -3.27. The van der Waals surface area contributed by atoms with Crippen LogP contribution in [-0.4, -0.2) is 83.7 Å². The first kappa shape index (κ1) is 30.7. The van der Waals surface area contributed by atoms with Gasteiger partial charge in [-0.3, -0.25) is 24.4 Å². The highest BCUT2D eigenvalue weighted by atomic mass is 32.1. The predicted octanol–water partition coefficient (Wildman–Crippen LogP) is -4.09. The first-order valence-corrected chi connectivity index (χ1v) is 11.1. The average Bonchev–Trinajstić information content (AvgIpc) is 2.74. The van der Waals surface area contributed by atoms with Gasteiger partial charge >= 0.3 is 5.97 Å². The monoisotopic (exact) mass is 504 g/mol. The Morgan fingerprint density at radius 1 is 0.794 bits per heavy atom. The molecule has 15 nitrogen and oxygen atoms in total. The molecule has 0 aliphatic rings. The van der Waals surface area contributed by atoms with Crippen molar-refractivity contribution in [3.8, 4) is 0 Å². The largest absolute Gasteiger partial charge is 0.480 e. The van der Waals surface area contributed by atoms with E-state index in [1.807, 2.05) is 0 Å². The van der Waals surface area contributed by atoms with Crippen LogP contribution in [0.3, 0.4) is 0 Å². The molecule has 0 heterocycles. The molecule has 16 heteroatoms. The lowest BCUT2D eigenvalue weighted by Gasteiger charge is -2.24. The maximum atomic E-state index is 12.8. The van der Waals surface area contributed by atoms with Crippen LogP contribution >= 0.6 is 12.6 Å². The number of carboxylic acids is 1. The smallest absolute Gasteiger partial charge is 0.326 e. The molecule has 3 amide bonds. The van der Waals surface area contributed by atoms with E-state index in [0.717, 1.165) is 0 Å². The average molecular weight is 505 g/mol. The van der Waals surface area contributed by atoms with E-state index in [-0.39, 0.29) is 43.6 Å². The van der Waals surface area contributed by atoms with Crippen molar-refractivity contribution >= 4 is 48.2 Å². The number of amides is 3. The number of rotatable bonds is 16. The number of carbonyl (C=O) groups excluding carboxylic acids is 3. The molecule has 0 aromatic rings. The van der Waals surface area contributed by atoms with Crippen LogP contribution in [0.25, 0.3) is 0 Å². The SMILES string of the molecule is CC(N)C(=O)NC(CCCN=C(N)N)C(=O)NC(CS)C(=O)NC(CCCN=C(N)N)C(=O)O. The van der Waals surface area contributed by atoms with Crippen molar-refractivity contribution in [3.63, 3.8) is 0 Å². The van der Waals surface area contributed by atoms with Gasteiger partial charge in [-0.25, -0.2) is 4.79 Å². The van der Waals surface area contributed by atoms with Crippen LogP contribution in [-0.2, 0) is 19.2 Å². The number of carboxylic acid groups (broad SMARTS) is 1. The lowest BCUT2D eigenvalue weighted by molar-refractivity contribution is -0.142. The summed E-state index contributed by atoms with van der Waals surface area (Å²) in [6.45, 7) is 1.86. The fraction of sp³-hybridized carbons (Fsp3) is 0.667. The Kier molecular flexibility index (Phi) is 14.8. The Bertz CT molecular complexity index is 753. The number of nitrogens with two attached hydrogens (primary N) is 5. The molecule has 0 aliphatic carbocycles. The highest BCUT2D eigenvalue weighted by Crippen LogP contribution is 2.03. The third-order valence-electron chi connectivity index (χ3n) is 4.37. The van der Waals surface area contributed by atoms with E-state index < -0.39 is 47.9 Å². The van der Waals surface area contributed by atoms with Crippen LogP contribution in [0.1, 0.15) is 32.6 Å². The van der Waals surface area contributed by atoms with Gasteiger partial charge in [0.1, 0.15) is 18.1 Å². The first-order valence-electron chi connectivity index (χ1n) is 10.5. The number of hydrogen-bond acceptors (Lipinski definition) is 8. The molecule has 0 spiro atoms. The number of thiol groups is 1. The van der Waals surface area contributed by atoms with Gasteiger partial charge in [-0.2, -0.15) is 12.6 Å². The zero-order chi connectivity index (χ0) is 26.3. The number of aliphatic carboxylic acids is 1. The molecule has 0 aromatic heterocycles. The molecule has 4 unspecified atom stereocenters. The summed E-state index contributed by atoms with van der Waals surface area (Å²) in [6, 6.07) is -4.29. The number of nitrogens with zero attached hydrogens (tertiary/aromatic N) is 2. The van der Waals surface area contributed by atoms with Crippen molar-refractivity contribution in [2.45, 2.75) is 56.8 Å². The topological polar surface area (TPSA) is 279 Å². The summed E-state index contributed by atoms with van der Waals surface area (Å²) in [4.78, 5) is 56.4. The molecule has 14 N–H and O–H groups in total. The minimum Gasteiger partial charge on any atom is -0.480 e. The maximum absolute atomic E-state index is 12.8. The van der Waals surface area contributed by atoms with Crippen molar-refractivity contribution in [2.75, 3.05) is 18.8 Å². The zero-order valence-electron chi connectivity index (χ0n) is 19.1. The molecule has 0 radical (unpaired) electrons. The summed E-state index contributed by atoms with van der Waals surface area (Å²) in [5, 5.41) is 16.7. The van der Waals surface area contributed by atoms with Gasteiger partial charge in [-0.05, 0) is 32.6 Å². The molecule has 34 heavy (non-hydrogen) atoms. The molecule has 194 valence electrons. The summed E-state index contributed by atoms with van der Waals surface area (Å²) in [5.41, 5.74) is 26.5. The van der Waals surface area contributed by atoms with Crippen LogP contribution in [0.5, 0.6) is 0 Å². The normalized spacial score (nSPS) is 14.0. The predicted molar refractivity (Wildman–Crippen MR) is 131 cm³/mol. The zero-order valence-corrected chi connectivity index (χ0v) is 20.0. The number of nitrogens with one attached hydrogen (secondary N) is 3. The van der Waals surface area contributed by atoms with Gasteiger partial charge in [-0.15, -0.1) is 0 Å². The van der Waals surface area contributed by atoms with Crippen molar-refractivity contribution in [1.29, 1.82) is 0 Å². The highest BCUT2D eigenvalue weighted by molar-refractivity contribution is 7.80. The maximum Gasteiger partial charge on any atom is 0.326 e. The second kappa shape index (κ2) is 16.4. The lowest BCUT2D eigenvalue weighted by Crippen LogP contribution is -2.57. The third-order valence-corrected chi connectivity index (χ3v) is 4.73. The van der Waals surface area contributed by atoms with E-state index in [0.29, 0.717) is 12.8 Å². The number of guanidine groups is 2. The third kappa shape index (κ3) is 13.3. The van der Waals surface area contributed by atoms with Gasteiger partial charge in [0.2, 0.25) is 17.7 Å². The Morgan fingerprint density at radius 2 is 1.21 bits per heavy atom. The Morgan fingerprint density at radius 3 is 1.62 bits per heavy atom. The fourth-order valence-electron chi connectivity index (χ4n) is 2.58. The summed E-state index contributed by atoms with van der Waals surface area (Å²) in [7, 11) is 0. The van der Waals surface area contributed by atoms with Gasteiger partial charge in [-0.1, -0.05) is 0 Å². The molecular formula is C18H36N10O5S. The number of aliphatic imine (C=N–C) groups is 2. The Labute approximate surface area is 203 Å². The van der Waals surface area contributed by atoms with Gasteiger partial charge in [0, 0.05) is 18.8 Å². The van der Waals surface area contributed by atoms with Gasteiger partial charge in [0.15, 0.2) is 11.9 Å². The van der Waals surface area contributed by atoms with E-state index in [9.17, 15) is 24.3 Å². The van der Waals surface area contributed by atoms with E-state index in [1.54, 1.807) is 0 Å². The van der Waals surface area contributed by atoms with Crippen LogP contribution in [0.4, 0.5) is 0 Å². The molecule has 0 saturated carbocycles. The van der Waals surface area contributed by atoms with Crippen molar-refractivity contribution in [3.05, 3.63) is 0 Å². The summed E-state index contributed by atoms with van der Waals surface area (Å²) in [5.74, 6) is -3.62. The molecule has 0 rings (SSSR count). The Balaban J connectivity index is 5.17. The second-order valence-corrected chi connectivity index (χ2v) is 7.76. The number of hydrogen-bond donors (Lipinski definition) is 10. The van der Waals surface area contributed by atoms with E-state index >= 15 is 0 Å². The van der Waals surface area contributed by atoms with E-state index in [1.165, 1.54) is 6.92 Å². The first-order chi connectivity index (χ1) is 15.9. The van der Waals surface area contributed by atoms with Crippen molar-refractivity contribution in [2.24, 2.45) is 38.7 Å². The molecular weight excluding hydrogens is 468 g/mol. The summed E-state index contributed by atoms with van der Waals surface area (Å²) >= 11 is 4.07. The van der Waals surface area contributed by atoms with Crippen LogP contribution in [0, 0.1) is 0 Å². The van der Waals surface area contributed by atoms with Crippen molar-refractivity contribution in [1.82, 2.24) is 16.0 Å². The summed E-state index contributed by atoms with van der Waals surface area (Å²) < 4.78 is 0. The van der Waals surface area contributed by atoms with E-state index in [2.05, 4.69) is 38.6 Å². The van der Waals surface area contributed by atoms with E-state index in [4.69, 9.17) is 28.7 Å². The van der Waals surface area contributed by atoms with Gasteiger partial charge < -0.3 is 49.7 Å². The molecule has 0 fully saturated rings. The molecule has 0 saturated heterocycles.